The molecule has 104 valence electrons. The number of hydrogen-bond acceptors (Lipinski definition) is 4. The van der Waals surface area contributed by atoms with Gasteiger partial charge in [-0.3, -0.25) is 10.1 Å². The molecule has 0 saturated carbocycles. The maximum Gasteiger partial charge on any atom is 0.344 e. The fraction of sp³-hybridized carbons (Fsp3) is 0.154. The molecule has 1 aliphatic rings. The summed E-state index contributed by atoms with van der Waals surface area (Å²) in [6.45, 7) is 1.43. The molecule has 1 heterocycles. The van der Waals surface area contributed by atoms with Crippen LogP contribution in [0.25, 0.3) is 6.08 Å². The molecular weight excluding hydrogens is 264 g/mol. The lowest BCUT2D eigenvalue weighted by atomic mass is 10.2. The standard InChI is InChI=1S/C13H12N2O5/c1-7(12(17)18)20-9-4-2-8(3-5-9)6-10-11(16)15-13(19)14-10/h2-7H,1H3,(H,17,18)(H2,14,15,16,19)/b10-6-/t7-/m1/s1. The quantitative estimate of drug-likeness (QED) is 0.555. The van der Waals surface area contributed by atoms with Gasteiger partial charge in [-0.05, 0) is 30.7 Å². The van der Waals surface area contributed by atoms with E-state index in [-0.39, 0.29) is 5.70 Å². The molecule has 7 nitrogen and oxygen atoms in total. The number of ether oxygens (including phenoxy) is 1. The van der Waals surface area contributed by atoms with Gasteiger partial charge in [-0.1, -0.05) is 12.1 Å². The van der Waals surface area contributed by atoms with Gasteiger partial charge in [-0.25, -0.2) is 9.59 Å². The normalized spacial score (nSPS) is 17.6. The van der Waals surface area contributed by atoms with Gasteiger partial charge in [-0.15, -0.1) is 0 Å². The second kappa shape index (κ2) is 5.43. The van der Waals surface area contributed by atoms with Crippen LogP contribution >= 0.6 is 0 Å². The average Bonchev–Trinajstić information content (AvgIpc) is 2.70. The second-order valence-electron chi connectivity index (χ2n) is 4.13. The van der Waals surface area contributed by atoms with Gasteiger partial charge in [0.05, 0.1) is 0 Å². The summed E-state index contributed by atoms with van der Waals surface area (Å²) in [5.74, 6) is -1.14. The number of urea groups is 1. The van der Waals surface area contributed by atoms with Crippen LogP contribution in [0.2, 0.25) is 0 Å². The topological polar surface area (TPSA) is 105 Å². The molecule has 0 unspecified atom stereocenters. The number of carbonyl (C=O) groups excluding carboxylic acids is 2. The predicted molar refractivity (Wildman–Crippen MR) is 68.8 cm³/mol. The lowest BCUT2D eigenvalue weighted by Crippen LogP contribution is -2.22. The summed E-state index contributed by atoms with van der Waals surface area (Å²) in [7, 11) is 0. The number of amides is 3. The lowest BCUT2D eigenvalue weighted by molar-refractivity contribution is -0.144. The molecular formula is C13H12N2O5. The fourth-order valence-electron chi connectivity index (χ4n) is 1.55. The van der Waals surface area contributed by atoms with Gasteiger partial charge >= 0.3 is 12.0 Å². The van der Waals surface area contributed by atoms with E-state index in [1.807, 2.05) is 0 Å². The number of benzene rings is 1. The van der Waals surface area contributed by atoms with Crippen molar-refractivity contribution in [2.24, 2.45) is 0 Å². The Morgan fingerprint density at radius 2 is 1.90 bits per heavy atom. The van der Waals surface area contributed by atoms with E-state index in [1.165, 1.54) is 13.0 Å². The van der Waals surface area contributed by atoms with Crippen LogP contribution in [0.4, 0.5) is 4.79 Å². The van der Waals surface area contributed by atoms with Crippen molar-refractivity contribution < 1.29 is 24.2 Å². The first-order chi connectivity index (χ1) is 9.45. The Balaban J connectivity index is 2.09. The minimum Gasteiger partial charge on any atom is -0.479 e. The molecule has 1 fully saturated rings. The molecule has 2 rings (SSSR count). The Hall–Kier alpha value is -2.83. The summed E-state index contributed by atoms with van der Waals surface area (Å²) >= 11 is 0. The van der Waals surface area contributed by atoms with Crippen LogP contribution in [0.3, 0.4) is 0 Å². The highest BCUT2D eigenvalue weighted by Gasteiger charge is 2.22. The van der Waals surface area contributed by atoms with Crippen molar-refractivity contribution in [2.75, 3.05) is 0 Å². The zero-order valence-corrected chi connectivity index (χ0v) is 10.5. The molecule has 7 heteroatoms. The van der Waals surface area contributed by atoms with Gasteiger partial charge in [0.25, 0.3) is 5.91 Å². The number of carboxylic acids is 1. The van der Waals surface area contributed by atoms with Crippen LogP contribution in [0, 0.1) is 0 Å². The maximum atomic E-state index is 11.3. The number of imide groups is 1. The molecule has 1 saturated heterocycles. The van der Waals surface area contributed by atoms with E-state index in [9.17, 15) is 14.4 Å². The predicted octanol–water partition coefficient (Wildman–Crippen LogP) is 0.719. The molecule has 3 N–H and O–H groups in total. The summed E-state index contributed by atoms with van der Waals surface area (Å²) in [5.41, 5.74) is 0.829. The third kappa shape index (κ3) is 3.14. The SMILES string of the molecule is C[C@@H](Oc1ccc(/C=C2\NC(=O)NC2=O)cc1)C(=O)O. The minimum atomic E-state index is -1.05. The van der Waals surface area contributed by atoms with E-state index in [2.05, 4.69) is 10.6 Å². The Morgan fingerprint density at radius 3 is 2.40 bits per heavy atom. The third-order valence-electron chi connectivity index (χ3n) is 2.57. The van der Waals surface area contributed by atoms with Gasteiger partial charge in [0.2, 0.25) is 0 Å². The zero-order chi connectivity index (χ0) is 14.7. The average molecular weight is 276 g/mol. The Bertz CT molecular complexity index is 591. The van der Waals surface area contributed by atoms with Crippen molar-refractivity contribution in [3.05, 3.63) is 35.5 Å². The molecule has 20 heavy (non-hydrogen) atoms. The highest BCUT2D eigenvalue weighted by atomic mass is 16.5. The summed E-state index contributed by atoms with van der Waals surface area (Å²) in [6.07, 6.45) is 0.559. The minimum absolute atomic E-state index is 0.155. The van der Waals surface area contributed by atoms with Gasteiger partial charge in [0.1, 0.15) is 11.4 Å². The second-order valence-corrected chi connectivity index (χ2v) is 4.13. The number of carboxylic acid groups (broad SMARTS) is 1. The molecule has 0 bridgehead atoms. The van der Waals surface area contributed by atoms with Crippen molar-refractivity contribution in [1.29, 1.82) is 0 Å². The highest BCUT2D eigenvalue weighted by Crippen LogP contribution is 2.16. The zero-order valence-electron chi connectivity index (χ0n) is 10.5. The number of aliphatic carboxylic acids is 1. The molecule has 1 aliphatic heterocycles. The van der Waals surface area contributed by atoms with Crippen molar-refractivity contribution in [2.45, 2.75) is 13.0 Å². The maximum absolute atomic E-state index is 11.3. The summed E-state index contributed by atoms with van der Waals surface area (Å²) in [4.78, 5) is 32.9. The third-order valence-corrected chi connectivity index (χ3v) is 2.57. The van der Waals surface area contributed by atoms with E-state index in [0.29, 0.717) is 11.3 Å². The Labute approximate surface area is 114 Å². The number of hydrogen-bond donors (Lipinski definition) is 3. The van der Waals surface area contributed by atoms with Gasteiger partial charge < -0.3 is 15.2 Å². The first-order valence-electron chi connectivity index (χ1n) is 5.79. The molecule has 0 spiro atoms. The van der Waals surface area contributed by atoms with E-state index >= 15 is 0 Å². The summed E-state index contributed by atoms with van der Waals surface area (Å²) < 4.78 is 5.17. The largest absolute Gasteiger partial charge is 0.479 e. The number of carbonyl (C=O) groups is 3. The Kier molecular flexibility index (Phi) is 3.69. The molecule has 1 atom stereocenters. The number of rotatable bonds is 4. The Morgan fingerprint density at radius 1 is 1.25 bits per heavy atom. The fourth-order valence-corrected chi connectivity index (χ4v) is 1.55. The van der Waals surface area contributed by atoms with Crippen LogP contribution < -0.4 is 15.4 Å². The molecule has 0 radical (unpaired) electrons. The van der Waals surface area contributed by atoms with Gasteiger partial charge in [0.15, 0.2) is 6.10 Å². The summed E-state index contributed by atoms with van der Waals surface area (Å²) in [5, 5.41) is 13.2. The van der Waals surface area contributed by atoms with Crippen LogP contribution in [0.1, 0.15) is 12.5 Å². The lowest BCUT2D eigenvalue weighted by Gasteiger charge is -2.10. The number of nitrogens with one attached hydrogen (secondary N) is 2. The van der Waals surface area contributed by atoms with Gasteiger partial charge in [0, 0.05) is 0 Å². The van der Waals surface area contributed by atoms with Crippen LogP contribution in [-0.4, -0.2) is 29.1 Å². The van der Waals surface area contributed by atoms with E-state index in [1.54, 1.807) is 24.3 Å². The van der Waals surface area contributed by atoms with E-state index in [4.69, 9.17) is 9.84 Å². The molecule has 0 aromatic heterocycles. The van der Waals surface area contributed by atoms with Crippen molar-refractivity contribution >= 4 is 24.0 Å². The van der Waals surface area contributed by atoms with Crippen molar-refractivity contribution in [3.63, 3.8) is 0 Å². The highest BCUT2D eigenvalue weighted by molar-refractivity contribution is 6.13. The van der Waals surface area contributed by atoms with Crippen LogP contribution in [-0.2, 0) is 9.59 Å². The van der Waals surface area contributed by atoms with E-state index < -0.39 is 24.0 Å². The molecule has 1 aromatic carbocycles. The van der Waals surface area contributed by atoms with Gasteiger partial charge in [-0.2, -0.15) is 0 Å². The molecule has 0 aliphatic carbocycles. The van der Waals surface area contributed by atoms with Crippen molar-refractivity contribution in [1.82, 2.24) is 10.6 Å². The summed E-state index contributed by atoms with van der Waals surface area (Å²) in [6, 6.07) is 5.90. The van der Waals surface area contributed by atoms with Crippen LogP contribution in [0.5, 0.6) is 5.75 Å². The van der Waals surface area contributed by atoms with E-state index in [0.717, 1.165) is 0 Å². The smallest absolute Gasteiger partial charge is 0.344 e. The first-order valence-corrected chi connectivity index (χ1v) is 5.79. The molecule has 1 aromatic rings. The van der Waals surface area contributed by atoms with Crippen LogP contribution in [0.15, 0.2) is 30.0 Å². The van der Waals surface area contributed by atoms with Crippen molar-refractivity contribution in [3.8, 4) is 5.75 Å². The molecule has 3 amide bonds. The first kappa shape index (κ1) is 13.6. The monoisotopic (exact) mass is 276 g/mol.